The Morgan fingerprint density at radius 2 is 1.71 bits per heavy atom. The SMILES string of the molecule is C#C[C@]1(O)CC[C@@H]2[C@@H]3C[C@@H]4O[C@@]45C[C@H](O)CC[C@]5(C)[C@H]3CC[C@]21C. The van der Waals surface area contributed by atoms with Crippen LogP contribution in [0.4, 0.5) is 0 Å². The lowest BCUT2D eigenvalue weighted by atomic mass is 9.44. The van der Waals surface area contributed by atoms with Crippen LogP contribution in [0.5, 0.6) is 0 Å². The molecule has 2 N–H and O–H groups in total. The molecule has 3 heteroatoms. The van der Waals surface area contributed by atoms with Crippen LogP contribution in [0, 0.1) is 40.9 Å². The van der Waals surface area contributed by atoms with Crippen molar-refractivity contribution in [2.75, 3.05) is 0 Å². The fourth-order valence-corrected chi connectivity index (χ4v) is 7.91. The van der Waals surface area contributed by atoms with Gasteiger partial charge in [0.25, 0.3) is 0 Å². The Bertz CT molecular complexity index is 625. The number of ether oxygens (including phenoxy) is 1. The number of hydrogen-bond donors (Lipinski definition) is 2. The highest BCUT2D eigenvalue weighted by molar-refractivity contribution is 5.28. The van der Waals surface area contributed by atoms with E-state index in [2.05, 4.69) is 19.8 Å². The van der Waals surface area contributed by atoms with Crippen molar-refractivity contribution < 1.29 is 14.9 Å². The quantitative estimate of drug-likeness (QED) is 0.530. The van der Waals surface area contributed by atoms with E-state index in [1.54, 1.807) is 0 Å². The van der Waals surface area contributed by atoms with Gasteiger partial charge in [0, 0.05) is 17.3 Å². The Kier molecular flexibility index (Phi) is 2.87. The Balaban J connectivity index is 1.52. The number of terminal acetylenes is 1. The van der Waals surface area contributed by atoms with Crippen molar-refractivity contribution in [3.8, 4) is 12.3 Å². The van der Waals surface area contributed by atoms with Crippen molar-refractivity contribution >= 4 is 0 Å². The maximum Gasteiger partial charge on any atom is 0.130 e. The monoisotopic (exact) mass is 330 g/mol. The van der Waals surface area contributed by atoms with E-state index in [0.29, 0.717) is 23.9 Å². The number of epoxide rings is 1. The summed E-state index contributed by atoms with van der Waals surface area (Å²) in [5, 5.41) is 21.3. The first-order valence-corrected chi connectivity index (χ1v) is 9.86. The maximum atomic E-state index is 11.1. The van der Waals surface area contributed by atoms with Gasteiger partial charge in [0.05, 0.1) is 12.2 Å². The summed E-state index contributed by atoms with van der Waals surface area (Å²) in [7, 11) is 0. The highest BCUT2D eigenvalue weighted by Crippen LogP contribution is 2.74. The molecular weight excluding hydrogens is 300 g/mol. The molecule has 1 saturated heterocycles. The lowest BCUT2D eigenvalue weighted by Gasteiger charge is -2.59. The van der Waals surface area contributed by atoms with Gasteiger partial charge in [-0.1, -0.05) is 19.8 Å². The summed E-state index contributed by atoms with van der Waals surface area (Å²) in [5.74, 6) is 4.55. The summed E-state index contributed by atoms with van der Waals surface area (Å²) in [6, 6.07) is 0. The van der Waals surface area contributed by atoms with Gasteiger partial charge in [-0.3, -0.25) is 0 Å². The molecule has 1 spiro atoms. The van der Waals surface area contributed by atoms with Crippen molar-refractivity contribution in [3.05, 3.63) is 0 Å². The van der Waals surface area contributed by atoms with Crippen LogP contribution < -0.4 is 0 Å². The van der Waals surface area contributed by atoms with E-state index in [4.69, 9.17) is 11.2 Å². The Morgan fingerprint density at radius 3 is 2.46 bits per heavy atom. The van der Waals surface area contributed by atoms with Crippen LogP contribution in [0.1, 0.15) is 65.2 Å². The highest BCUT2D eigenvalue weighted by Gasteiger charge is 2.76. The van der Waals surface area contributed by atoms with Gasteiger partial charge in [0.1, 0.15) is 11.2 Å². The van der Waals surface area contributed by atoms with Crippen LogP contribution in [0.2, 0.25) is 0 Å². The average Bonchev–Trinajstić information content (AvgIpc) is 3.17. The first-order chi connectivity index (χ1) is 11.3. The van der Waals surface area contributed by atoms with Crippen molar-refractivity contribution in [1.29, 1.82) is 0 Å². The van der Waals surface area contributed by atoms with Crippen LogP contribution in [-0.4, -0.2) is 33.6 Å². The van der Waals surface area contributed by atoms with Gasteiger partial charge in [-0.25, -0.2) is 0 Å². The fourth-order valence-electron chi connectivity index (χ4n) is 7.91. The molecule has 9 atom stereocenters. The van der Waals surface area contributed by atoms with Gasteiger partial charge in [-0.05, 0) is 62.7 Å². The molecule has 3 nitrogen and oxygen atoms in total. The van der Waals surface area contributed by atoms with E-state index in [1.165, 1.54) is 0 Å². The van der Waals surface area contributed by atoms with Gasteiger partial charge in [0.15, 0.2) is 0 Å². The minimum absolute atomic E-state index is 0.0550. The molecule has 5 aliphatic rings. The van der Waals surface area contributed by atoms with Crippen LogP contribution >= 0.6 is 0 Å². The largest absolute Gasteiger partial charge is 0.393 e. The van der Waals surface area contributed by atoms with E-state index in [9.17, 15) is 10.2 Å². The zero-order valence-corrected chi connectivity index (χ0v) is 14.9. The molecule has 0 amide bonds. The molecule has 1 aliphatic heterocycles. The van der Waals surface area contributed by atoms with Crippen LogP contribution in [0.3, 0.4) is 0 Å². The second-order valence-electron chi connectivity index (χ2n) is 9.92. The number of aliphatic hydroxyl groups excluding tert-OH is 1. The minimum Gasteiger partial charge on any atom is -0.393 e. The van der Waals surface area contributed by atoms with Gasteiger partial charge in [-0.15, -0.1) is 6.42 Å². The lowest BCUT2D eigenvalue weighted by molar-refractivity contribution is -0.133. The predicted molar refractivity (Wildman–Crippen MR) is 91.0 cm³/mol. The second-order valence-corrected chi connectivity index (χ2v) is 9.92. The summed E-state index contributed by atoms with van der Waals surface area (Å²) in [6.45, 7) is 4.67. The molecule has 132 valence electrons. The summed E-state index contributed by atoms with van der Waals surface area (Å²) in [5.41, 5.74) is -0.924. The second kappa shape index (κ2) is 4.40. The van der Waals surface area contributed by atoms with E-state index in [-0.39, 0.29) is 22.5 Å². The molecule has 24 heavy (non-hydrogen) atoms. The maximum absolute atomic E-state index is 11.1. The van der Waals surface area contributed by atoms with Crippen molar-refractivity contribution in [3.63, 3.8) is 0 Å². The molecule has 0 aromatic rings. The topological polar surface area (TPSA) is 53.0 Å². The smallest absolute Gasteiger partial charge is 0.130 e. The lowest BCUT2D eigenvalue weighted by Crippen LogP contribution is -2.60. The molecule has 1 heterocycles. The summed E-state index contributed by atoms with van der Waals surface area (Å²) in [6.07, 6.45) is 13.8. The molecule has 5 fully saturated rings. The van der Waals surface area contributed by atoms with Crippen molar-refractivity contribution in [2.45, 2.75) is 88.6 Å². The molecule has 4 saturated carbocycles. The predicted octanol–water partition coefficient (Wildman–Crippen LogP) is 2.89. The molecule has 4 aliphatic carbocycles. The molecule has 0 radical (unpaired) electrons. The zero-order valence-electron chi connectivity index (χ0n) is 14.9. The molecule has 0 unspecified atom stereocenters. The van der Waals surface area contributed by atoms with Gasteiger partial charge in [-0.2, -0.15) is 0 Å². The molecule has 5 rings (SSSR count). The number of fused-ring (bicyclic) bond motifs is 4. The van der Waals surface area contributed by atoms with Crippen molar-refractivity contribution in [1.82, 2.24) is 0 Å². The van der Waals surface area contributed by atoms with Gasteiger partial charge in [0.2, 0.25) is 0 Å². The Labute approximate surface area is 145 Å². The summed E-state index contributed by atoms with van der Waals surface area (Å²) >= 11 is 0. The number of aliphatic hydroxyl groups is 2. The van der Waals surface area contributed by atoms with Crippen molar-refractivity contribution in [2.24, 2.45) is 28.6 Å². The Morgan fingerprint density at radius 1 is 1.04 bits per heavy atom. The third kappa shape index (κ3) is 1.53. The third-order valence-electron chi connectivity index (χ3n) is 9.45. The number of rotatable bonds is 0. The van der Waals surface area contributed by atoms with Gasteiger partial charge >= 0.3 is 0 Å². The molecule has 0 aromatic carbocycles. The average molecular weight is 330 g/mol. The van der Waals surface area contributed by atoms with E-state index in [1.807, 2.05) is 0 Å². The van der Waals surface area contributed by atoms with E-state index < -0.39 is 5.60 Å². The van der Waals surface area contributed by atoms with Crippen LogP contribution in [0.15, 0.2) is 0 Å². The minimum atomic E-state index is -0.925. The zero-order chi connectivity index (χ0) is 17.0. The first-order valence-electron chi connectivity index (χ1n) is 9.86. The van der Waals surface area contributed by atoms with E-state index >= 15 is 0 Å². The first kappa shape index (κ1) is 15.7. The fraction of sp³-hybridized carbons (Fsp3) is 0.905. The molecular formula is C21H30O3. The standard InChI is InChI=1S/C21H30O3/c1-4-20(23)10-7-15-14-11-17-21(24-17)12-13(22)5-8-19(21,3)16(14)6-9-18(15,20)2/h1,13-17,22-23H,5-12H2,2-3H3/t13-,14+,15-,16+,17+,18-,19-,20+,21+/m1/s1. The van der Waals surface area contributed by atoms with Crippen LogP contribution in [-0.2, 0) is 4.74 Å². The molecule has 0 bridgehead atoms. The highest BCUT2D eigenvalue weighted by atomic mass is 16.6. The normalized spacial score (nSPS) is 64.2. The summed E-state index contributed by atoms with van der Waals surface area (Å²) in [4.78, 5) is 0. The van der Waals surface area contributed by atoms with Crippen LogP contribution in [0.25, 0.3) is 0 Å². The Hall–Kier alpha value is -0.560. The number of hydrogen-bond acceptors (Lipinski definition) is 3. The molecule has 0 aromatic heterocycles. The third-order valence-corrected chi connectivity index (χ3v) is 9.45. The van der Waals surface area contributed by atoms with Gasteiger partial charge < -0.3 is 14.9 Å². The summed E-state index contributed by atoms with van der Waals surface area (Å²) < 4.78 is 6.33. The van der Waals surface area contributed by atoms with E-state index in [0.717, 1.165) is 51.4 Å².